The number of hydrogen-bond acceptors (Lipinski definition) is 6. The highest BCUT2D eigenvalue weighted by Crippen LogP contribution is 2.25. The molecule has 4 rings (SSSR count). The molecule has 1 amide bonds. The molecule has 2 heterocycles. The average Bonchev–Trinajstić information content (AvgIpc) is 3.24. The van der Waals surface area contributed by atoms with Gasteiger partial charge in [-0.05, 0) is 74.9 Å². The highest BCUT2D eigenvalue weighted by Gasteiger charge is 2.32. The van der Waals surface area contributed by atoms with Crippen LogP contribution in [0.1, 0.15) is 49.7 Å². The summed E-state index contributed by atoms with van der Waals surface area (Å²) >= 11 is 0. The number of nitrogens with zero attached hydrogens (tertiary/aromatic N) is 2. The predicted octanol–water partition coefficient (Wildman–Crippen LogP) is 3.68. The van der Waals surface area contributed by atoms with Gasteiger partial charge in [-0.2, -0.15) is 8.61 Å². The minimum atomic E-state index is -4.11. The van der Waals surface area contributed by atoms with E-state index >= 15 is 0 Å². The zero-order chi connectivity index (χ0) is 27.3. The third kappa shape index (κ3) is 6.63. The fraction of sp³-hybridized carbons (Fsp3) is 0.519. The summed E-state index contributed by atoms with van der Waals surface area (Å²) in [5.74, 6) is -0.454. The van der Waals surface area contributed by atoms with Crippen LogP contribution >= 0.6 is 0 Å². The van der Waals surface area contributed by atoms with Crippen molar-refractivity contribution in [3.05, 3.63) is 53.6 Å². The van der Waals surface area contributed by atoms with Gasteiger partial charge in [-0.3, -0.25) is 4.79 Å². The molecule has 0 unspecified atom stereocenters. The van der Waals surface area contributed by atoms with Gasteiger partial charge in [0.25, 0.3) is 0 Å². The number of ether oxygens (including phenoxy) is 1. The molecule has 0 radical (unpaired) electrons. The topological polar surface area (TPSA) is 113 Å². The standard InChI is InChI=1S/C27H37N3O6S2/c1-21-9-7-10-22(2)27(21)28-26(31)20-30(19-23-11-8-18-36-23)38(34,35)25-14-12-24(13-15-25)37(32,33)29-16-5-3-4-6-17-29/h7,9-10,12-15,23H,3-6,8,11,16-20H2,1-2H3,(H,28,31)/t23-/m1/s1. The van der Waals surface area contributed by atoms with E-state index in [-0.39, 0.29) is 29.0 Å². The summed E-state index contributed by atoms with van der Waals surface area (Å²) < 4.78 is 61.9. The number of para-hydroxylation sites is 1. The van der Waals surface area contributed by atoms with Gasteiger partial charge in [0, 0.05) is 31.9 Å². The smallest absolute Gasteiger partial charge is 0.243 e. The van der Waals surface area contributed by atoms with E-state index in [1.54, 1.807) is 0 Å². The monoisotopic (exact) mass is 563 g/mol. The van der Waals surface area contributed by atoms with E-state index in [1.807, 2.05) is 32.0 Å². The van der Waals surface area contributed by atoms with Gasteiger partial charge in [0.1, 0.15) is 0 Å². The molecule has 1 atom stereocenters. The number of sulfonamides is 2. The molecule has 2 aromatic rings. The van der Waals surface area contributed by atoms with Gasteiger partial charge in [-0.1, -0.05) is 31.0 Å². The number of anilines is 1. The Bertz CT molecular complexity index is 1310. The van der Waals surface area contributed by atoms with Gasteiger partial charge in [0.05, 0.1) is 22.4 Å². The van der Waals surface area contributed by atoms with Crippen LogP contribution in [0.25, 0.3) is 0 Å². The second kappa shape index (κ2) is 12.3. The molecule has 2 fully saturated rings. The van der Waals surface area contributed by atoms with Crippen molar-refractivity contribution in [1.82, 2.24) is 8.61 Å². The summed E-state index contributed by atoms with van der Waals surface area (Å²) in [6.45, 7) is 4.89. The van der Waals surface area contributed by atoms with Crippen molar-refractivity contribution in [2.24, 2.45) is 0 Å². The summed E-state index contributed by atoms with van der Waals surface area (Å²) in [4.78, 5) is 13.0. The van der Waals surface area contributed by atoms with Crippen molar-refractivity contribution in [3.8, 4) is 0 Å². The first-order chi connectivity index (χ1) is 18.1. The van der Waals surface area contributed by atoms with Gasteiger partial charge in [0.2, 0.25) is 26.0 Å². The van der Waals surface area contributed by atoms with Crippen LogP contribution in [0.4, 0.5) is 5.69 Å². The zero-order valence-electron chi connectivity index (χ0n) is 22.1. The third-order valence-corrected chi connectivity index (χ3v) is 10.9. The molecule has 0 spiro atoms. The van der Waals surface area contributed by atoms with Crippen LogP contribution < -0.4 is 5.32 Å². The maximum Gasteiger partial charge on any atom is 0.243 e. The largest absolute Gasteiger partial charge is 0.377 e. The van der Waals surface area contributed by atoms with E-state index in [0.29, 0.717) is 31.8 Å². The van der Waals surface area contributed by atoms with Crippen LogP contribution in [-0.2, 0) is 29.6 Å². The first-order valence-electron chi connectivity index (χ1n) is 13.2. The Balaban J connectivity index is 1.56. The lowest BCUT2D eigenvalue weighted by atomic mass is 10.1. The van der Waals surface area contributed by atoms with Crippen LogP contribution in [0.2, 0.25) is 0 Å². The highest BCUT2D eigenvalue weighted by molar-refractivity contribution is 7.89. The molecule has 0 bridgehead atoms. The molecular weight excluding hydrogens is 526 g/mol. The minimum Gasteiger partial charge on any atom is -0.377 e. The van der Waals surface area contributed by atoms with E-state index < -0.39 is 26.0 Å². The van der Waals surface area contributed by atoms with E-state index in [9.17, 15) is 21.6 Å². The average molecular weight is 564 g/mol. The van der Waals surface area contributed by atoms with Crippen LogP contribution in [0.3, 0.4) is 0 Å². The summed E-state index contributed by atoms with van der Waals surface area (Å²) in [6, 6.07) is 11.0. The van der Waals surface area contributed by atoms with Crippen molar-refractivity contribution in [3.63, 3.8) is 0 Å². The Kier molecular flexibility index (Phi) is 9.25. The lowest BCUT2D eigenvalue weighted by molar-refractivity contribution is -0.116. The molecule has 11 heteroatoms. The number of aryl methyl sites for hydroxylation is 2. The van der Waals surface area contributed by atoms with Crippen molar-refractivity contribution in [2.45, 2.75) is 68.3 Å². The van der Waals surface area contributed by atoms with Gasteiger partial charge in [-0.25, -0.2) is 16.8 Å². The van der Waals surface area contributed by atoms with Crippen molar-refractivity contribution in [2.75, 3.05) is 38.1 Å². The summed E-state index contributed by atoms with van der Waals surface area (Å²) in [7, 11) is -7.81. The zero-order valence-corrected chi connectivity index (χ0v) is 23.7. The Morgan fingerprint density at radius 2 is 1.53 bits per heavy atom. The molecule has 0 aromatic heterocycles. The second-order valence-corrected chi connectivity index (χ2v) is 13.9. The van der Waals surface area contributed by atoms with Crippen molar-refractivity contribution < 1.29 is 26.4 Å². The fourth-order valence-corrected chi connectivity index (χ4v) is 7.92. The molecule has 9 nitrogen and oxygen atoms in total. The maximum atomic E-state index is 13.7. The quantitative estimate of drug-likeness (QED) is 0.498. The van der Waals surface area contributed by atoms with Gasteiger partial charge < -0.3 is 10.1 Å². The second-order valence-electron chi connectivity index (χ2n) is 10.0. The number of carbonyl (C=O) groups is 1. The predicted molar refractivity (Wildman–Crippen MR) is 146 cm³/mol. The number of nitrogens with one attached hydrogen (secondary N) is 1. The summed E-state index contributed by atoms with van der Waals surface area (Å²) in [6.07, 6.45) is 4.86. The lowest BCUT2D eigenvalue weighted by Gasteiger charge is -2.25. The number of hydrogen-bond donors (Lipinski definition) is 1. The Hall–Kier alpha value is -2.31. The summed E-state index contributed by atoms with van der Waals surface area (Å²) in [5.41, 5.74) is 2.43. The van der Waals surface area contributed by atoms with Crippen LogP contribution in [0.5, 0.6) is 0 Å². The molecule has 0 aliphatic carbocycles. The van der Waals surface area contributed by atoms with E-state index in [2.05, 4.69) is 5.32 Å². The molecule has 2 saturated heterocycles. The molecule has 2 aromatic carbocycles. The van der Waals surface area contributed by atoms with E-state index in [4.69, 9.17) is 4.74 Å². The van der Waals surface area contributed by atoms with Crippen LogP contribution in [0, 0.1) is 13.8 Å². The Morgan fingerprint density at radius 3 is 2.11 bits per heavy atom. The Labute approximate surface area is 226 Å². The molecule has 38 heavy (non-hydrogen) atoms. The van der Waals surface area contributed by atoms with Gasteiger partial charge in [-0.15, -0.1) is 0 Å². The highest BCUT2D eigenvalue weighted by atomic mass is 32.2. The number of benzene rings is 2. The lowest BCUT2D eigenvalue weighted by Crippen LogP contribution is -2.42. The minimum absolute atomic E-state index is 0.0380. The molecule has 1 N–H and O–H groups in total. The van der Waals surface area contributed by atoms with Gasteiger partial charge in [0.15, 0.2) is 0 Å². The first kappa shape index (κ1) is 28.7. The molecule has 2 aliphatic heterocycles. The molecule has 0 saturated carbocycles. The van der Waals surface area contributed by atoms with Crippen LogP contribution in [0.15, 0.2) is 52.3 Å². The van der Waals surface area contributed by atoms with Crippen molar-refractivity contribution >= 4 is 31.6 Å². The van der Waals surface area contributed by atoms with Gasteiger partial charge >= 0.3 is 0 Å². The maximum absolute atomic E-state index is 13.7. The third-order valence-electron chi connectivity index (χ3n) is 7.16. The Morgan fingerprint density at radius 1 is 0.921 bits per heavy atom. The molecule has 2 aliphatic rings. The number of amides is 1. The van der Waals surface area contributed by atoms with E-state index in [0.717, 1.165) is 47.5 Å². The number of carbonyl (C=O) groups excluding carboxylic acids is 1. The van der Waals surface area contributed by atoms with E-state index in [1.165, 1.54) is 28.6 Å². The first-order valence-corrected chi connectivity index (χ1v) is 16.0. The molecule has 208 valence electrons. The van der Waals surface area contributed by atoms with Crippen LogP contribution in [-0.4, -0.2) is 70.2 Å². The SMILES string of the molecule is Cc1cccc(C)c1NC(=O)CN(C[C@H]1CCCO1)S(=O)(=O)c1ccc(S(=O)(=O)N2CCCCCC2)cc1. The van der Waals surface area contributed by atoms with Crippen molar-refractivity contribution in [1.29, 1.82) is 0 Å². The normalized spacial score (nSPS) is 19.4. The summed E-state index contributed by atoms with van der Waals surface area (Å²) in [5, 5.41) is 2.86. The number of rotatable bonds is 9. The molecular formula is C27H37N3O6S2. The fourth-order valence-electron chi connectivity index (χ4n) is 4.98.